The maximum Gasteiger partial charge on any atom is 0.287 e. The first kappa shape index (κ1) is 21.7. The Morgan fingerprint density at radius 2 is 1.74 bits per heavy atom. The molecule has 27 heavy (non-hydrogen) atoms. The van der Waals surface area contributed by atoms with Crippen LogP contribution in [-0.2, 0) is 16.6 Å². The maximum atomic E-state index is 12.4. The smallest absolute Gasteiger partial charge is 0.287 e. The van der Waals surface area contributed by atoms with Gasteiger partial charge >= 0.3 is 0 Å². The monoisotopic (exact) mass is 410 g/mol. The summed E-state index contributed by atoms with van der Waals surface area (Å²) in [7, 11) is -1.25. The number of carbonyl (C=O) groups is 1. The fourth-order valence-electron chi connectivity index (χ4n) is 2.76. The number of hydrogen-bond donors (Lipinski definition) is 1. The Morgan fingerprint density at radius 3 is 2.37 bits per heavy atom. The summed E-state index contributed by atoms with van der Waals surface area (Å²) in [5.41, 5.74) is 0. The summed E-state index contributed by atoms with van der Waals surface area (Å²) in [6, 6.07) is 10.2. The molecule has 1 atom stereocenters. The molecule has 0 aliphatic heterocycles. The van der Waals surface area contributed by atoms with Crippen LogP contribution in [0.4, 0.5) is 0 Å². The molecular formula is C20H27ClN2O3S. The molecule has 2 aromatic rings. The molecule has 1 amide bonds. The minimum absolute atomic E-state index is 0.218. The Labute approximate surface area is 168 Å². The number of carbonyl (C=O) groups excluding carboxylic acids is 1. The van der Waals surface area contributed by atoms with Crippen LogP contribution in [0.15, 0.2) is 45.7 Å². The summed E-state index contributed by atoms with van der Waals surface area (Å²) in [5, 5.41) is 3.49. The fraction of sp³-hybridized carbons (Fsp3) is 0.450. The molecule has 0 saturated heterocycles. The number of halogens is 1. The van der Waals surface area contributed by atoms with Crippen molar-refractivity contribution in [1.29, 1.82) is 0 Å². The van der Waals surface area contributed by atoms with Crippen LogP contribution < -0.4 is 5.32 Å². The zero-order valence-corrected chi connectivity index (χ0v) is 17.4. The lowest BCUT2D eigenvalue weighted by molar-refractivity contribution is 0.0919. The van der Waals surface area contributed by atoms with Crippen LogP contribution in [0.25, 0.3) is 0 Å². The van der Waals surface area contributed by atoms with Gasteiger partial charge in [-0.3, -0.25) is 9.00 Å². The molecule has 1 aromatic carbocycles. The first-order valence-corrected chi connectivity index (χ1v) is 11.0. The molecule has 0 unspecified atom stereocenters. The molecule has 7 heteroatoms. The largest absolute Gasteiger partial charge is 0.455 e. The Bertz CT molecular complexity index is 740. The quantitative estimate of drug-likeness (QED) is 0.606. The molecule has 0 fully saturated rings. The van der Waals surface area contributed by atoms with Crippen LogP contribution in [0.2, 0.25) is 5.02 Å². The van der Waals surface area contributed by atoms with Gasteiger partial charge in [-0.05, 0) is 62.3 Å². The van der Waals surface area contributed by atoms with Crippen molar-refractivity contribution >= 4 is 28.3 Å². The topological polar surface area (TPSA) is 62.6 Å². The Hall–Kier alpha value is -1.63. The van der Waals surface area contributed by atoms with Crippen LogP contribution in [-0.4, -0.2) is 41.2 Å². The van der Waals surface area contributed by atoms with Crippen LogP contribution in [0.3, 0.4) is 0 Å². The molecule has 1 N–H and O–H groups in total. The molecule has 1 heterocycles. The molecule has 0 aliphatic carbocycles. The number of benzene rings is 1. The van der Waals surface area contributed by atoms with E-state index >= 15 is 0 Å². The van der Waals surface area contributed by atoms with E-state index in [9.17, 15) is 9.00 Å². The van der Waals surface area contributed by atoms with E-state index in [4.69, 9.17) is 16.0 Å². The van der Waals surface area contributed by atoms with E-state index < -0.39 is 10.8 Å². The SMILES string of the molecule is CCCN(CCC)CCNC(=O)c1ccc(C[S@](=O)c2ccc(Cl)cc2)o1. The number of furan rings is 1. The van der Waals surface area contributed by atoms with E-state index in [2.05, 4.69) is 24.1 Å². The van der Waals surface area contributed by atoms with Gasteiger partial charge in [0.2, 0.25) is 0 Å². The van der Waals surface area contributed by atoms with Gasteiger partial charge in [-0.25, -0.2) is 0 Å². The molecule has 0 radical (unpaired) electrons. The van der Waals surface area contributed by atoms with Crippen molar-refractivity contribution < 1.29 is 13.4 Å². The standard InChI is InChI=1S/C20H27ClN2O3S/c1-3-12-23(13-4-2)14-11-22-20(24)19-10-7-17(26-19)15-27(25)18-8-5-16(21)6-9-18/h5-10H,3-4,11-15H2,1-2H3,(H,22,24)/t27-/m0/s1. The molecular weight excluding hydrogens is 384 g/mol. The molecule has 0 aliphatic rings. The molecule has 148 valence electrons. The van der Waals surface area contributed by atoms with Crippen molar-refractivity contribution in [3.05, 3.63) is 52.9 Å². The van der Waals surface area contributed by atoms with Gasteiger partial charge in [0.05, 0.1) is 16.6 Å². The third-order valence-electron chi connectivity index (χ3n) is 4.03. The van der Waals surface area contributed by atoms with Gasteiger partial charge in [0, 0.05) is 23.0 Å². The van der Waals surface area contributed by atoms with Crippen LogP contribution in [0, 0.1) is 0 Å². The Balaban J connectivity index is 1.84. The number of rotatable bonds is 11. The van der Waals surface area contributed by atoms with E-state index in [-0.39, 0.29) is 17.4 Å². The molecule has 0 saturated carbocycles. The zero-order chi connectivity index (χ0) is 19.6. The van der Waals surface area contributed by atoms with E-state index in [0.29, 0.717) is 22.2 Å². The molecule has 1 aromatic heterocycles. The van der Waals surface area contributed by atoms with Gasteiger partial charge in [0.1, 0.15) is 5.76 Å². The molecule has 0 bridgehead atoms. The lowest BCUT2D eigenvalue weighted by atomic mass is 10.3. The summed E-state index contributed by atoms with van der Waals surface area (Å²) in [5.74, 6) is 0.740. The predicted molar refractivity (Wildman–Crippen MR) is 110 cm³/mol. The highest BCUT2D eigenvalue weighted by molar-refractivity contribution is 7.84. The lowest BCUT2D eigenvalue weighted by Gasteiger charge is -2.20. The molecule has 2 rings (SSSR count). The third kappa shape index (κ3) is 7.13. The third-order valence-corrected chi connectivity index (χ3v) is 5.63. The van der Waals surface area contributed by atoms with Crippen molar-refractivity contribution in [3.63, 3.8) is 0 Å². The number of nitrogens with zero attached hydrogens (tertiary/aromatic N) is 1. The minimum atomic E-state index is -1.25. The molecule has 5 nitrogen and oxygen atoms in total. The highest BCUT2D eigenvalue weighted by Crippen LogP contribution is 2.17. The van der Waals surface area contributed by atoms with Gasteiger partial charge < -0.3 is 14.6 Å². The van der Waals surface area contributed by atoms with E-state index in [1.807, 2.05) is 0 Å². The van der Waals surface area contributed by atoms with Crippen LogP contribution >= 0.6 is 11.6 Å². The van der Waals surface area contributed by atoms with Crippen molar-refractivity contribution in [2.24, 2.45) is 0 Å². The Morgan fingerprint density at radius 1 is 1.07 bits per heavy atom. The average molecular weight is 411 g/mol. The second-order valence-electron chi connectivity index (χ2n) is 6.31. The van der Waals surface area contributed by atoms with Crippen molar-refractivity contribution in [2.75, 3.05) is 26.2 Å². The van der Waals surface area contributed by atoms with E-state index in [1.54, 1.807) is 36.4 Å². The highest BCUT2D eigenvalue weighted by Gasteiger charge is 2.14. The highest BCUT2D eigenvalue weighted by atomic mass is 35.5. The second kappa shape index (κ2) is 11.3. The van der Waals surface area contributed by atoms with Gasteiger partial charge in [-0.2, -0.15) is 0 Å². The number of hydrogen-bond acceptors (Lipinski definition) is 4. The number of amides is 1. The lowest BCUT2D eigenvalue weighted by Crippen LogP contribution is -2.35. The van der Waals surface area contributed by atoms with Crippen molar-refractivity contribution in [2.45, 2.75) is 37.3 Å². The summed E-state index contributed by atoms with van der Waals surface area (Å²) in [4.78, 5) is 15.2. The fourth-order valence-corrected chi connectivity index (χ4v) is 3.90. The van der Waals surface area contributed by atoms with Crippen molar-refractivity contribution in [3.8, 4) is 0 Å². The first-order valence-electron chi connectivity index (χ1n) is 9.26. The van der Waals surface area contributed by atoms with Gasteiger partial charge in [-0.15, -0.1) is 0 Å². The normalized spacial score (nSPS) is 12.3. The zero-order valence-electron chi connectivity index (χ0n) is 15.9. The summed E-state index contributed by atoms with van der Waals surface area (Å²) >= 11 is 5.85. The van der Waals surface area contributed by atoms with Crippen LogP contribution in [0.1, 0.15) is 43.0 Å². The van der Waals surface area contributed by atoms with Crippen molar-refractivity contribution in [1.82, 2.24) is 10.2 Å². The second-order valence-corrected chi connectivity index (χ2v) is 8.19. The number of nitrogens with one attached hydrogen (secondary N) is 1. The van der Waals surface area contributed by atoms with E-state index in [0.717, 1.165) is 32.5 Å². The Kier molecular flexibility index (Phi) is 9.04. The molecule has 0 spiro atoms. The van der Waals surface area contributed by atoms with Gasteiger partial charge in [-0.1, -0.05) is 25.4 Å². The maximum absolute atomic E-state index is 12.4. The first-order chi connectivity index (χ1) is 13.0. The summed E-state index contributed by atoms with van der Waals surface area (Å²) in [6.45, 7) is 7.77. The van der Waals surface area contributed by atoms with Gasteiger partial charge in [0.25, 0.3) is 5.91 Å². The summed E-state index contributed by atoms with van der Waals surface area (Å²) in [6.07, 6.45) is 2.19. The van der Waals surface area contributed by atoms with Gasteiger partial charge in [0.15, 0.2) is 5.76 Å². The summed E-state index contributed by atoms with van der Waals surface area (Å²) < 4.78 is 17.9. The van der Waals surface area contributed by atoms with Crippen LogP contribution in [0.5, 0.6) is 0 Å². The predicted octanol–water partition coefficient (Wildman–Crippen LogP) is 4.09. The van der Waals surface area contributed by atoms with E-state index in [1.165, 1.54) is 0 Å². The minimum Gasteiger partial charge on any atom is -0.455 e. The average Bonchev–Trinajstić information content (AvgIpc) is 3.11.